The van der Waals surface area contributed by atoms with Crippen LogP contribution in [-0.2, 0) is 6.42 Å². The predicted molar refractivity (Wildman–Crippen MR) is 277 cm³/mol. The van der Waals surface area contributed by atoms with Crippen LogP contribution in [0.4, 0.5) is 22.7 Å². The summed E-state index contributed by atoms with van der Waals surface area (Å²) in [4.78, 5) is 5.05. The van der Waals surface area contributed by atoms with E-state index in [4.69, 9.17) is 0 Å². The number of fused-ring (bicyclic) bond motifs is 1. The molecule has 316 valence electrons. The van der Waals surface area contributed by atoms with Crippen LogP contribution in [-0.4, -0.2) is 6.04 Å². The van der Waals surface area contributed by atoms with Crippen LogP contribution in [0.3, 0.4) is 0 Å². The molecular weight excluding hydrogens is 785 g/mol. The van der Waals surface area contributed by atoms with E-state index in [2.05, 4.69) is 234 Å². The number of aryl methyl sites for hydroxylation is 1. The molecule has 0 heterocycles. The van der Waals surface area contributed by atoms with Gasteiger partial charge in [-0.15, -0.1) is 0 Å². The maximum atomic E-state index is 2.56. The van der Waals surface area contributed by atoms with Gasteiger partial charge in [-0.1, -0.05) is 176 Å². The van der Waals surface area contributed by atoms with Crippen molar-refractivity contribution in [1.29, 1.82) is 0 Å². The molecule has 0 N–H and O–H groups in total. The van der Waals surface area contributed by atoms with E-state index in [-0.39, 0.29) is 6.04 Å². The Hall–Kier alpha value is -7.42. The topological polar surface area (TPSA) is 6.48 Å². The first-order valence-electron chi connectivity index (χ1n) is 23.6. The lowest BCUT2D eigenvalue weighted by atomic mass is 9.85. The number of anilines is 4. The summed E-state index contributed by atoms with van der Waals surface area (Å²) in [6.45, 7) is 0. The predicted octanol–water partition coefficient (Wildman–Crippen LogP) is 16.9. The van der Waals surface area contributed by atoms with Gasteiger partial charge < -0.3 is 9.80 Å². The van der Waals surface area contributed by atoms with Crippen LogP contribution in [0, 0.1) is 0 Å². The van der Waals surface area contributed by atoms with Gasteiger partial charge in [-0.2, -0.15) is 0 Å². The van der Waals surface area contributed by atoms with Gasteiger partial charge in [0.15, 0.2) is 0 Å². The minimum atomic E-state index is 0.220. The fraction of sp³-hybridized carbons (Fsp3) is 0.143. The van der Waals surface area contributed by atoms with Crippen LogP contribution in [0.1, 0.15) is 56.1 Å². The van der Waals surface area contributed by atoms with Crippen molar-refractivity contribution in [3.05, 3.63) is 258 Å². The summed E-state index contributed by atoms with van der Waals surface area (Å²) in [7, 11) is 0. The summed E-state index contributed by atoms with van der Waals surface area (Å²) in [5.41, 5.74) is 21.8. The molecule has 5 aliphatic carbocycles. The molecule has 6 aromatic rings. The monoisotopic (exact) mass is 838 g/mol. The minimum absolute atomic E-state index is 0.220. The highest BCUT2D eigenvalue weighted by Gasteiger charge is 2.28. The van der Waals surface area contributed by atoms with Gasteiger partial charge in [0, 0.05) is 34.7 Å². The molecule has 11 rings (SSSR count). The summed E-state index contributed by atoms with van der Waals surface area (Å²) in [6, 6.07) is 54.3. The van der Waals surface area contributed by atoms with Gasteiger partial charge in [-0.05, 0) is 155 Å². The lowest BCUT2D eigenvalue weighted by Gasteiger charge is -2.37. The second-order valence-electron chi connectivity index (χ2n) is 17.7. The molecule has 0 bridgehead atoms. The second-order valence-corrected chi connectivity index (χ2v) is 17.7. The smallest absolute Gasteiger partial charge is 0.0628 e. The average Bonchev–Trinajstić information content (AvgIpc) is 3.64. The van der Waals surface area contributed by atoms with E-state index in [9.17, 15) is 0 Å². The van der Waals surface area contributed by atoms with Gasteiger partial charge in [-0.25, -0.2) is 0 Å². The van der Waals surface area contributed by atoms with Gasteiger partial charge >= 0.3 is 0 Å². The van der Waals surface area contributed by atoms with Gasteiger partial charge in [0.1, 0.15) is 0 Å². The van der Waals surface area contributed by atoms with Crippen molar-refractivity contribution in [3.8, 4) is 33.4 Å². The van der Waals surface area contributed by atoms with Crippen molar-refractivity contribution >= 4 is 28.8 Å². The minimum Gasteiger partial charge on any atom is -0.334 e. The molecule has 0 aliphatic heterocycles. The third-order valence-electron chi connectivity index (χ3n) is 13.7. The van der Waals surface area contributed by atoms with Crippen LogP contribution in [0.2, 0.25) is 0 Å². The largest absolute Gasteiger partial charge is 0.334 e. The normalized spacial score (nSPS) is 17.4. The van der Waals surface area contributed by atoms with E-state index in [1.165, 1.54) is 95.2 Å². The molecule has 0 saturated heterocycles. The molecule has 0 amide bonds. The van der Waals surface area contributed by atoms with E-state index < -0.39 is 0 Å². The summed E-state index contributed by atoms with van der Waals surface area (Å²) >= 11 is 0. The summed E-state index contributed by atoms with van der Waals surface area (Å²) in [5.74, 6) is 0. The Balaban J connectivity index is 0.928. The van der Waals surface area contributed by atoms with Crippen LogP contribution >= 0.6 is 0 Å². The molecule has 2 nitrogen and oxygen atoms in total. The highest BCUT2D eigenvalue weighted by molar-refractivity contribution is 5.86. The molecule has 6 aromatic carbocycles. The number of rotatable bonds is 10. The molecule has 0 saturated carbocycles. The molecular formula is C63H54N2. The van der Waals surface area contributed by atoms with Crippen molar-refractivity contribution in [1.82, 2.24) is 0 Å². The number of nitrogens with zero attached hydrogens (tertiary/aromatic N) is 2. The van der Waals surface area contributed by atoms with Crippen molar-refractivity contribution in [2.24, 2.45) is 0 Å². The van der Waals surface area contributed by atoms with Crippen molar-refractivity contribution in [2.75, 3.05) is 9.80 Å². The second kappa shape index (κ2) is 18.4. The highest BCUT2D eigenvalue weighted by Crippen LogP contribution is 2.43. The molecule has 2 heteroatoms. The van der Waals surface area contributed by atoms with Crippen LogP contribution in [0.5, 0.6) is 0 Å². The van der Waals surface area contributed by atoms with Crippen molar-refractivity contribution < 1.29 is 0 Å². The summed E-state index contributed by atoms with van der Waals surface area (Å²) in [5, 5.41) is 0. The molecule has 0 aromatic heterocycles. The van der Waals surface area contributed by atoms with E-state index in [1.807, 2.05) is 0 Å². The van der Waals surface area contributed by atoms with E-state index >= 15 is 0 Å². The number of hydrogen-bond donors (Lipinski definition) is 0. The van der Waals surface area contributed by atoms with Crippen molar-refractivity contribution in [3.63, 3.8) is 0 Å². The molecule has 0 radical (unpaired) electrons. The number of benzene rings is 6. The molecule has 1 atom stereocenters. The Morgan fingerprint density at radius 2 is 1.11 bits per heavy atom. The highest BCUT2D eigenvalue weighted by atomic mass is 15.2. The average molecular weight is 839 g/mol. The molecule has 0 spiro atoms. The number of allylic oxidation sites excluding steroid dienone is 13. The third kappa shape index (κ3) is 8.29. The van der Waals surface area contributed by atoms with Gasteiger partial charge in [0.2, 0.25) is 0 Å². The fourth-order valence-electron chi connectivity index (χ4n) is 10.4. The Morgan fingerprint density at radius 3 is 1.85 bits per heavy atom. The van der Waals surface area contributed by atoms with Crippen molar-refractivity contribution in [2.45, 2.75) is 57.4 Å². The van der Waals surface area contributed by atoms with Gasteiger partial charge in [0.25, 0.3) is 0 Å². The third-order valence-corrected chi connectivity index (χ3v) is 13.7. The first kappa shape index (κ1) is 40.4. The Morgan fingerprint density at radius 1 is 0.446 bits per heavy atom. The quantitative estimate of drug-likeness (QED) is 0.136. The zero-order valence-electron chi connectivity index (χ0n) is 37.0. The van der Waals surface area contributed by atoms with E-state index in [0.717, 1.165) is 51.4 Å². The Labute approximate surface area is 385 Å². The van der Waals surface area contributed by atoms with Gasteiger partial charge in [0.05, 0.1) is 11.7 Å². The summed E-state index contributed by atoms with van der Waals surface area (Å²) < 4.78 is 0. The van der Waals surface area contributed by atoms with Crippen LogP contribution in [0.15, 0.2) is 246 Å². The van der Waals surface area contributed by atoms with Crippen LogP contribution < -0.4 is 9.80 Å². The molecule has 65 heavy (non-hydrogen) atoms. The lowest BCUT2D eigenvalue weighted by Crippen LogP contribution is -2.34. The molecule has 1 unspecified atom stereocenters. The molecule has 5 aliphatic rings. The lowest BCUT2D eigenvalue weighted by molar-refractivity contribution is 0.731. The maximum absolute atomic E-state index is 2.56. The fourth-order valence-corrected chi connectivity index (χ4v) is 10.4. The summed E-state index contributed by atoms with van der Waals surface area (Å²) in [6.07, 6.45) is 38.5. The zero-order valence-corrected chi connectivity index (χ0v) is 37.0. The number of hydrogen-bond acceptors (Lipinski definition) is 2. The maximum Gasteiger partial charge on any atom is 0.0628 e. The Kier molecular flexibility index (Phi) is 11.4. The van der Waals surface area contributed by atoms with Gasteiger partial charge in [-0.3, -0.25) is 0 Å². The first-order chi connectivity index (χ1) is 32.2. The van der Waals surface area contributed by atoms with Crippen LogP contribution in [0.25, 0.3) is 39.5 Å². The van der Waals surface area contributed by atoms with E-state index in [0.29, 0.717) is 0 Å². The first-order valence-corrected chi connectivity index (χ1v) is 23.6. The Bertz CT molecular complexity index is 3000. The van der Waals surface area contributed by atoms with E-state index in [1.54, 1.807) is 0 Å². The zero-order chi connectivity index (χ0) is 43.4. The standard InChI is InChI=1S/C63H54N2/c1-3-16-46(17-4-1)48-22-13-25-54(39-32-48)64(62-30-14-23-50-20-7-9-28-60(50)62)56-42-35-52(36-43-56)58-26-11-12-27-59(58)53-37-44-57(45-38-53)65(63-31-15-24-51-21-8-10-29-61(51)63)55-40-33-49(34-41-55)47-18-5-2-6-19-47/h1-3,5-6,9-16,18-19,22-24,26-30,32-45,63H,4,7-8,17,20-21,25,31H2. The molecule has 0 fully saturated rings. The SMILES string of the molecule is C1=CCCC(C2=CC=C(N(c3ccc(-c4ccccc4-c4ccc(N(c5ccc(-c6ccccc6)cc5)C5CC=CC6=C5C=CCC6)cc4)cc3)c3cccc4c3C=CCC4)CC=C2)=C1.